The van der Waals surface area contributed by atoms with Gasteiger partial charge in [-0.3, -0.25) is 9.79 Å². The molecule has 24 heavy (non-hydrogen) atoms. The standard InChI is InChI=1S/C21H26N2O/c1-13(21-9-14-6-15(10-21)8-16(7-14)11-21)22-12-18-17-4-2-3-5-19(17)23-20(18)24/h2-5,12-16,18H,6-11H2,1H3,(H,23,24)/t13-,14?,15?,16?,18?,21?/m1/s1. The van der Waals surface area contributed by atoms with Crippen molar-refractivity contribution < 1.29 is 4.79 Å². The number of amides is 1. The van der Waals surface area contributed by atoms with Crippen LogP contribution in [0.5, 0.6) is 0 Å². The monoisotopic (exact) mass is 322 g/mol. The Morgan fingerprint density at radius 1 is 1.12 bits per heavy atom. The number of aliphatic imine (C=N–C) groups is 1. The molecule has 5 aliphatic rings. The Morgan fingerprint density at radius 3 is 2.42 bits per heavy atom. The minimum absolute atomic E-state index is 0.0673. The van der Waals surface area contributed by atoms with E-state index >= 15 is 0 Å². The smallest absolute Gasteiger partial charge is 0.237 e. The summed E-state index contributed by atoms with van der Waals surface area (Å²) in [6, 6.07) is 8.33. The molecule has 4 fully saturated rings. The van der Waals surface area contributed by atoms with Crippen LogP contribution in [-0.4, -0.2) is 18.2 Å². The minimum atomic E-state index is -0.211. The summed E-state index contributed by atoms with van der Waals surface area (Å²) in [6.07, 6.45) is 10.4. The lowest BCUT2D eigenvalue weighted by molar-refractivity contribution is -0.115. The molecule has 4 saturated carbocycles. The van der Waals surface area contributed by atoms with Gasteiger partial charge in [-0.05, 0) is 80.2 Å². The predicted molar refractivity (Wildman–Crippen MR) is 96.4 cm³/mol. The summed E-state index contributed by atoms with van der Waals surface area (Å²) in [6.45, 7) is 2.29. The van der Waals surface area contributed by atoms with Gasteiger partial charge < -0.3 is 5.32 Å². The number of nitrogens with one attached hydrogen (secondary N) is 1. The Bertz CT molecular complexity index is 672. The van der Waals surface area contributed by atoms with Gasteiger partial charge in [-0.25, -0.2) is 0 Å². The van der Waals surface area contributed by atoms with Crippen molar-refractivity contribution >= 4 is 17.8 Å². The molecule has 126 valence electrons. The number of anilines is 1. The van der Waals surface area contributed by atoms with Crippen LogP contribution in [0.2, 0.25) is 0 Å². The van der Waals surface area contributed by atoms with E-state index in [-0.39, 0.29) is 11.8 Å². The van der Waals surface area contributed by atoms with E-state index in [4.69, 9.17) is 4.99 Å². The fourth-order valence-electron chi connectivity index (χ4n) is 6.44. The Morgan fingerprint density at radius 2 is 1.75 bits per heavy atom. The minimum Gasteiger partial charge on any atom is -0.325 e. The highest BCUT2D eigenvalue weighted by atomic mass is 16.2. The molecule has 4 aliphatic carbocycles. The maximum Gasteiger partial charge on any atom is 0.237 e. The van der Waals surface area contributed by atoms with E-state index in [1.54, 1.807) is 0 Å². The van der Waals surface area contributed by atoms with Crippen LogP contribution in [0, 0.1) is 23.2 Å². The lowest BCUT2D eigenvalue weighted by atomic mass is 9.48. The number of carbonyl (C=O) groups excluding carboxylic acids is 1. The zero-order valence-electron chi connectivity index (χ0n) is 14.4. The van der Waals surface area contributed by atoms with Crippen molar-refractivity contribution in [2.24, 2.45) is 28.2 Å². The summed E-state index contributed by atoms with van der Waals surface area (Å²) in [5.41, 5.74) is 2.44. The van der Waals surface area contributed by atoms with Crippen LogP contribution >= 0.6 is 0 Å². The summed E-state index contributed by atoms with van der Waals surface area (Å²) >= 11 is 0. The van der Waals surface area contributed by atoms with E-state index in [9.17, 15) is 4.79 Å². The lowest BCUT2D eigenvalue weighted by Crippen LogP contribution is -2.50. The molecule has 0 aromatic heterocycles. The van der Waals surface area contributed by atoms with Gasteiger partial charge in [0, 0.05) is 11.9 Å². The van der Waals surface area contributed by atoms with Gasteiger partial charge in [0.05, 0.1) is 6.04 Å². The summed E-state index contributed by atoms with van der Waals surface area (Å²) in [5, 5.41) is 2.98. The van der Waals surface area contributed by atoms with Crippen LogP contribution in [0.3, 0.4) is 0 Å². The van der Waals surface area contributed by atoms with Gasteiger partial charge in [-0.15, -0.1) is 0 Å². The van der Waals surface area contributed by atoms with Crippen molar-refractivity contribution in [2.75, 3.05) is 5.32 Å². The highest BCUT2D eigenvalue weighted by Crippen LogP contribution is 2.61. The Kier molecular flexibility index (Phi) is 3.17. The summed E-state index contributed by atoms with van der Waals surface area (Å²) in [7, 11) is 0. The number of fused-ring (bicyclic) bond motifs is 1. The molecule has 1 heterocycles. The maximum absolute atomic E-state index is 12.3. The normalized spacial score (nSPS) is 40.8. The first-order valence-electron chi connectivity index (χ1n) is 9.56. The summed E-state index contributed by atoms with van der Waals surface area (Å²) in [4.78, 5) is 17.2. The predicted octanol–water partition coefficient (Wildman–Crippen LogP) is 4.40. The zero-order valence-corrected chi connectivity index (χ0v) is 14.4. The first-order chi connectivity index (χ1) is 11.6. The van der Waals surface area contributed by atoms with E-state index in [1.165, 1.54) is 38.5 Å². The van der Waals surface area contributed by atoms with E-state index in [2.05, 4.69) is 12.2 Å². The number of hydrogen-bond donors (Lipinski definition) is 1. The van der Waals surface area contributed by atoms with Gasteiger partial charge in [0.2, 0.25) is 5.91 Å². The van der Waals surface area contributed by atoms with Crippen molar-refractivity contribution in [3.63, 3.8) is 0 Å². The SMILES string of the molecule is C[C@@H](N=CC1C(=O)Nc2ccccc21)C12CC3CC(CC(C3)C1)C2. The van der Waals surface area contributed by atoms with Crippen LogP contribution in [0.15, 0.2) is 29.3 Å². The zero-order chi connectivity index (χ0) is 16.3. The fourth-order valence-corrected chi connectivity index (χ4v) is 6.44. The van der Waals surface area contributed by atoms with Crippen molar-refractivity contribution in [3.8, 4) is 0 Å². The van der Waals surface area contributed by atoms with Crippen molar-refractivity contribution in [1.29, 1.82) is 0 Å². The first kappa shape index (κ1) is 14.7. The lowest BCUT2D eigenvalue weighted by Gasteiger charge is -2.58. The third kappa shape index (κ3) is 2.17. The molecule has 1 amide bonds. The molecule has 6 rings (SSSR count). The average molecular weight is 322 g/mol. The van der Waals surface area contributed by atoms with Crippen LogP contribution in [0.4, 0.5) is 5.69 Å². The number of carbonyl (C=O) groups is 1. The molecule has 1 aromatic rings. The second-order valence-electron chi connectivity index (χ2n) is 8.81. The van der Waals surface area contributed by atoms with Gasteiger partial charge in [0.25, 0.3) is 0 Å². The number of nitrogens with zero attached hydrogens (tertiary/aromatic N) is 1. The van der Waals surface area contributed by atoms with E-state index < -0.39 is 0 Å². The molecule has 0 radical (unpaired) electrons. The van der Waals surface area contributed by atoms with Crippen molar-refractivity contribution in [3.05, 3.63) is 29.8 Å². The molecule has 0 saturated heterocycles. The van der Waals surface area contributed by atoms with Gasteiger partial charge >= 0.3 is 0 Å². The highest BCUT2D eigenvalue weighted by Gasteiger charge is 2.53. The molecular formula is C21H26N2O. The summed E-state index contributed by atoms with van der Waals surface area (Å²) in [5.74, 6) is 2.70. The molecule has 3 heteroatoms. The van der Waals surface area contributed by atoms with Gasteiger partial charge in [0.15, 0.2) is 0 Å². The topological polar surface area (TPSA) is 41.5 Å². The van der Waals surface area contributed by atoms with Crippen LogP contribution < -0.4 is 5.32 Å². The number of para-hydroxylation sites is 1. The summed E-state index contributed by atoms with van der Waals surface area (Å²) < 4.78 is 0. The number of rotatable bonds is 3. The van der Waals surface area contributed by atoms with Gasteiger partial charge in [0.1, 0.15) is 5.92 Å². The Labute approximate surface area is 143 Å². The largest absolute Gasteiger partial charge is 0.325 e. The molecule has 1 N–H and O–H groups in total. The average Bonchev–Trinajstić information content (AvgIpc) is 2.86. The first-order valence-corrected chi connectivity index (χ1v) is 9.56. The molecular weight excluding hydrogens is 296 g/mol. The van der Waals surface area contributed by atoms with Crippen LogP contribution in [0.25, 0.3) is 0 Å². The quantitative estimate of drug-likeness (QED) is 0.824. The molecule has 0 spiro atoms. The molecule has 4 bridgehead atoms. The molecule has 3 nitrogen and oxygen atoms in total. The second-order valence-corrected chi connectivity index (χ2v) is 8.81. The van der Waals surface area contributed by atoms with Gasteiger partial charge in [-0.1, -0.05) is 18.2 Å². The number of hydrogen-bond acceptors (Lipinski definition) is 2. The van der Waals surface area contributed by atoms with E-state index in [0.29, 0.717) is 11.5 Å². The third-order valence-electron chi connectivity index (χ3n) is 7.27. The molecule has 1 aromatic carbocycles. The maximum atomic E-state index is 12.3. The molecule has 1 unspecified atom stereocenters. The Balaban J connectivity index is 1.38. The van der Waals surface area contributed by atoms with E-state index in [1.807, 2.05) is 30.5 Å². The van der Waals surface area contributed by atoms with Crippen molar-refractivity contribution in [2.45, 2.75) is 57.4 Å². The second kappa shape index (κ2) is 5.18. The Hall–Kier alpha value is -1.64. The van der Waals surface area contributed by atoms with Crippen LogP contribution in [-0.2, 0) is 4.79 Å². The van der Waals surface area contributed by atoms with Crippen LogP contribution in [0.1, 0.15) is 56.9 Å². The highest BCUT2D eigenvalue weighted by molar-refractivity contribution is 6.12. The van der Waals surface area contributed by atoms with E-state index in [0.717, 1.165) is 29.0 Å². The number of benzene rings is 1. The molecule has 1 aliphatic heterocycles. The third-order valence-corrected chi connectivity index (χ3v) is 7.27. The van der Waals surface area contributed by atoms with Gasteiger partial charge in [-0.2, -0.15) is 0 Å². The molecule has 2 atom stereocenters. The van der Waals surface area contributed by atoms with Crippen molar-refractivity contribution in [1.82, 2.24) is 0 Å². The fraction of sp³-hybridized carbons (Fsp3) is 0.619.